The molecule has 0 fully saturated rings. The van der Waals surface area contributed by atoms with Crippen LogP contribution in [0.1, 0.15) is 43.9 Å². The lowest BCUT2D eigenvalue weighted by Crippen LogP contribution is -2.36. The van der Waals surface area contributed by atoms with E-state index >= 15 is 0 Å². The Labute approximate surface area is 140 Å². The monoisotopic (exact) mass is 326 g/mol. The molecule has 3 aromatic rings. The van der Waals surface area contributed by atoms with Crippen molar-refractivity contribution in [1.29, 1.82) is 0 Å². The van der Waals surface area contributed by atoms with Gasteiger partial charge < -0.3 is 5.32 Å². The zero-order valence-electron chi connectivity index (χ0n) is 14.4. The SMILES string of the molecule is CC(Cn1cccn1)NC(=O)c1ccc2nnc(C(C)(C)C)n2c1. The largest absolute Gasteiger partial charge is 0.348 e. The van der Waals surface area contributed by atoms with Gasteiger partial charge in [0.25, 0.3) is 5.91 Å². The number of carbonyl (C=O) groups excluding carboxylic acids is 1. The van der Waals surface area contributed by atoms with Crippen LogP contribution < -0.4 is 5.32 Å². The molecule has 1 N–H and O–H groups in total. The van der Waals surface area contributed by atoms with Crippen molar-refractivity contribution in [2.45, 2.75) is 45.7 Å². The fraction of sp³-hybridized carbons (Fsp3) is 0.412. The maximum atomic E-state index is 12.5. The predicted octanol–water partition coefficient (Wildman–Crippen LogP) is 2.04. The third-order valence-corrected chi connectivity index (χ3v) is 3.73. The lowest BCUT2D eigenvalue weighted by Gasteiger charge is -2.17. The minimum Gasteiger partial charge on any atom is -0.348 e. The molecule has 1 amide bonds. The molecule has 0 radical (unpaired) electrons. The minimum absolute atomic E-state index is 0.0314. The van der Waals surface area contributed by atoms with Crippen molar-refractivity contribution in [2.75, 3.05) is 0 Å². The van der Waals surface area contributed by atoms with Gasteiger partial charge in [0, 0.05) is 30.0 Å². The van der Waals surface area contributed by atoms with Crippen LogP contribution in [0.2, 0.25) is 0 Å². The molecule has 1 unspecified atom stereocenters. The van der Waals surface area contributed by atoms with Gasteiger partial charge in [0.05, 0.1) is 12.1 Å². The van der Waals surface area contributed by atoms with E-state index in [1.807, 2.05) is 29.7 Å². The normalized spacial score (nSPS) is 13.2. The van der Waals surface area contributed by atoms with E-state index in [2.05, 4.69) is 41.4 Å². The number of hydrogen-bond acceptors (Lipinski definition) is 4. The first-order valence-electron chi connectivity index (χ1n) is 7.98. The number of aromatic nitrogens is 5. The smallest absolute Gasteiger partial charge is 0.253 e. The Hall–Kier alpha value is -2.70. The molecule has 3 rings (SSSR count). The van der Waals surface area contributed by atoms with E-state index < -0.39 is 0 Å². The summed E-state index contributed by atoms with van der Waals surface area (Å²) in [5.41, 5.74) is 1.17. The number of fused-ring (bicyclic) bond motifs is 1. The number of nitrogens with one attached hydrogen (secondary N) is 1. The Bertz CT molecular complexity index is 844. The average Bonchev–Trinajstić information content (AvgIpc) is 3.14. The van der Waals surface area contributed by atoms with Gasteiger partial charge in [-0.1, -0.05) is 20.8 Å². The molecule has 0 spiro atoms. The van der Waals surface area contributed by atoms with Gasteiger partial charge in [-0.25, -0.2) is 0 Å². The van der Waals surface area contributed by atoms with Crippen molar-refractivity contribution in [3.05, 3.63) is 48.2 Å². The van der Waals surface area contributed by atoms with Crippen LogP contribution >= 0.6 is 0 Å². The maximum absolute atomic E-state index is 12.5. The second-order valence-electron chi connectivity index (χ2n) is 7.02. The molecule has 1 atom stereocenters. The molecule has 24 heavy (non-hydrogen) atoms. The summed E-state index contributed by atoms with van der Waals surface area (Å²) in [7, 11) is 0. The summed E-state index contributed by atoms with van der Waals surface area (Å²) < 4.78 is 3.68. The fourth-order valence-electron chi connectivity index (χ4n) is 2.58. The zero-order valence-corrected chi connectivity index (χ0v) is 14.4. The van der Waals surface area contributed by atoms with Crippen molar-refractivity contribution < 1.29 is 4.79 Å². The van der Waals surface area contributed by atoms with Crippen molar-refractivity contribution >= 4 is 11.6 Å². The number of pyridine rings is 1. The van der Waals surface area contributed by atoms with Crippen LogP contribution in [0.4, 0.5) is 0 Å². The Balaban J connectivity index is 1.79. The third kappa shape index (κ3) is 3.29. The lowest BCUT2D eigenvalue weighted by atomic mass is 9.96. The van der Waals surface area contributed by atoms with E-state index in [0.29, 0.717) is 12.1 Å². The van der Waals surface area contributed by atoms with Crippen LogP contribution in [0.25, 0.3) is 5.65 Å². The quantitative estimate of drug-likeness (QED) is 0.796. The van der Waals surface area contributed by atoms with Crippen LogP contribution in [0.15, 0.2) is 36.8 Å². The van der Waals surface area contributed by atoms with Crippen molar-refractivity contribution in [1.82, 2.24) is 29.7 Å². The summed E-state index contributed by atoms with van der Waals surface area (Å²) in [6.45, 7) is 8.80. The Morgan fingerprint density at radius 1 is 1.29 bits per heavy atom. The van der Waals surface area contributed by atoms with Crippen LogP contribution in [0.3, 0.4) is 0 Å². The van der Waals surface area contributed by atoms with E-state index in [0.717, 1.165) is 11.5 Å². The standard InChI is InChI=1S/C17H22N6O/c1-12(10-22-9-5-8-18-22)19-15(24)13-6-7-14-20-21-16(17(2,3)4)23(14)11-13/h5-9,11-12H,10H2,1-4H3,(H,19,24). The maximum Gasteiger partial charge on any atom is 0.253 e. The highest BCUT2D eigenvalue weighted by atomic mass is 16.1. The van der Waals surface area contributed by atoms with Crippen LogP contribution in [0.5, 0.6) is 0 Å². The molecule has 0 bridgehead atoms. The Kier molecular flexibility index (Phi) is 4.09. The highest BCUT2D eigenvalue weighted by Crippen LogP contribution is 2.21. The number of amides is 1. The van der Waals surface area contributed by atoms with Gasteiger partial charge in [-0.2, -0.15) is 5.10 Å². The molecular formula is C17H22N6O. The molecule has 0 aliphatic heterocycles. The van der Waals surface area contributed by atoms with Gasteiger partial charge in [0.2, 0.25) is 0 Å². The number of carbonyl (C=O) groups is 1. The van der Waals surface area contributed by atoms with Crippen molar-refractivity contribution in [2.24, 2.45) is 0 Å². The average molecular weight is 326 g/mol. The van der Waals surface area contributed by atoms with Crippen LogP contribution in [-0.2, 0) is 12.0 Å². The molecule has 7 heteroatoms. The molecular weight excluding hydrogens is 304 g/mol. The summed E-state index contributed by atoms with van der Waals surface area (Å²) in [5, 5.41) is 15.6. The Morgan fingerprint density at radius 2 is 2.08 bits per heavy atom. The van der Waals surface area contributed by atoms with E-state index in [1.165, 1.54) is 0 Å². The molecule has 3 aromatic heterocycles. The summed E-state index contributed by atoms with van der Waals surface area (Å²) in [5.74, 6) is 0.710. The van der Waals surface area contributed by atoms with Gasteiger partial charge in [-0.05, 0) is 25.1 Å². The van der Waals surface area contributed by atoms with E-state index in [-0.39, 0.29) is 17.4 Å². The molecule has 0 aromatic carbocycles. The van der Waals surface area contributed by atoms with E-state index in [9.17, 15) is 4.79 Å². The molecule has 0 aliphatic rings. The predicted molar refractivity (Wildman–Crippen MR) is 90.8 cm³/mol. The van der Waals surface area contributed by atoms with Crippen molar-refractivity contribution in [3.8, 4) is 0 Å². The van der Waals surface area contributed by atoms with Crippen molar-refractivity contribution in [3.63, 3.8) is 0 Å². The fourth-order valence-corrected chi connectivity index (χ4v) is 2.58. The van der Waals surface area contributed by atoms with Crippen LogP contribution in [0, 0.1) is 0 Å². The highest BCUT2D eigenvalue weighted by Gasteiger charge is 2.21. The molecule has 7 nitrogen and oxygen atoms in total. The summed E-state index contributed by atoms with van der Waals surface area (Å²) in [4.78, 5) is 12.5. The summed E-state index contributed by atoms with van der Waals surface area (Å²) in [6, 6.07) is 5.42. The minimum atomic E-state index is -0.151. The third-order valence-electron chi connectivity index (χ3n) is 3.73. The first kappa shape index (κ1) is 16.2. The highest BCUT2D eigenvalue weighted by molar-refractivity contribution is 5.94. The molecule has 3 heterocycles. The van der Waals surface area contributed by atoms with Gasteiger partial charge in [0.1, 0.15) is 5.82 Å². The molecule has 126 valence electrons. The van der Waals surface area contributed by atoms with Gasteiger partial charge in [-0.3, -0.25) is 13.9 Å². The summed E-state index contributed by atoms with van der Waals surface area (Å²) in [6.07, 6.45) is 5.40. The Morgan fingerprint density at radius 3 is 2.75 bits per heavy atom. The zero-order chi connectivity index (χ0) is 17.3. The number of nitrogens with zero attached hydrogens (tertiary/aromatic N) is 5. The molecule has 0 saturated carbocycles. The second kappa shape index (κ2) is 6.07. The topological polar surface area (TPSA) is 77.1 Å². The molecule has 0 saturated heterocycles. The summed E-state index contributed by atoms with van der Waals surface area (Å²) >= 11 is 0. The first-order valence-corrected chi connectivity index (χ1v) is 7.98. The first-order chi connectivity index (χ1) is 11.3. The molecule has 0 aliphatic carbocycles. The van der Waals surface area contributed by atoms with Gasteiger partial charge in [0.15, 0.2) is 5.65 Å². The van der Waals surface area contributed by atoms with E-state index in [4.69, 9.17) is 0 Å². The van der Waals surface area contributed by atoms with Crippen LogP contribution in [-0.4, -0.2) is 36.3 Å². The van der Waals surface area contributed by atoms with Gasteiger partial charge in [-0.15, -0.1) is 10.2 Å². The number of hydrogen-bond donors (Lipinski definition) is 1. The second-order valence-corrected chi connectivity index (χ2v) is 7.02. The lowest BCUT2D eigenvalue weighted by molar-refractivity contribution is 0.0935. The number of rotatable bonds is 4. The van der Waals surface area contributed by atoms with E-state index in [1.54, 1.807) is 23.1 Å². The van der Waals surface area contributed by atoms with Gasteiger partial charge >= 0.3 is 0 Å².